The fourth-order valence-electron chi connectivity index (χ4n) is 2.11. The van der Waals surface area contributed by atoms with Crippen LogP contribution >= 0.6 is 0 Å². The van der Waals surface area contributed by atoms with Crippen molar-refractivity contribution in [3.05, 3.63) is 41.3 Å². The molecule has 6 nitrogen and oxygen atoms in total. The second-order valence-electron chi connectivity index (χ2n) is 4.68. The molecule has 3 rings (SSSR count). The predicted octanol–water partition coefficient (Wildman–Crippen LogP) is 2.21. The fourth-order valence-corrected chi connectivity index (χ4v) is 2.11. The van der Waals surface area contributed by atoms with E-state index in [0.29, 0.717) is 17.5 Å². The number of aryl methyl sites for hydroxylation is 2. The Bertz CT molecular complexity index is 765. The molecule has 0 fully saturated rings. The smallest absolute Gasteiger partial charge is 0.156 e. The van der Waals surface area contributed by atoms with Gasteiger partial charge in [0.1, 0.15) is 12.4 Å². The molecule has 0 aliphatic heterocycles. The molecule has 2 aromatic heterocycles. The summed E-state index contributed by atoms with van der Waals surface area (Å²) in [5, 5.41) is 20.4. The number of aromatic amines is 1. The van der Waals surface area contributed by atoms with Gasteiger partial charge in [0.05, 0.1) is 5.52 Å². The summed E-state index contributed by atoms with van der Waals surface area (Å²) in [7, 11) is 0. The number of hydrogen-bond donors (Lipinski definition) is 3. The Morgan fingerprint density at radius 2 is 2.10 bits per heavy atom. The van der Waals surface area contributed by atoms with Gasteiger partial charge in [-0.3, -0.25) is 5.10 Å². The van der Waals surface area contributed by atoms with Crippen LogP contribution < -0.4 is 5.32 Å². The number of rotatable bonds is 3. The Hall–Kier alpha value is -2.47. The molecule has 102 valence electrons. The van der Waals surface area contributed by atoms with Gasteiger partial charge in [-0.25, -0.2) is 9.97 Å². The third-order valence-electron chi connectivity index (χ3n) is 3.07. The lowest BCUT2D eigenvalue weighted by Crippen LogP contribution is -2.02. The van der Waals surface area contributed by atoms with Crippen molar-refractivity contribution in [2.75, 3.05) is 5.32 Å². The number of para-hydroxylation sites is 1. The van der Waals surface area contributed by atoms with Gasteiger partial charge >= 0.3 is 0 Å². The summed E-state index contributed by atoms with van der Waals surface area (Å²) in [6, 6.07) is 7.78. The van der Waals surface area contributed by atoms with Crippen LogP contribution in [0.1, 0.15) is 17.1 Å². The quantitative estimate of drug-likeness (QED) is 0.678. The number of H-pyrrole nitrogens is 1. The van der Waals surface area contributed by atoms with Crippen LogP contribution in [0.2, 0.25) is 0 Å². The number of anilines is 2. The lowest BCUT2D eigenvalue weighted by molar-refractivity contribution is 0.272. The third-order valence-corrected chi connectivity index (χ3v) is 3.07. The second-order valence-corrected chi connectivity index (χ2v) is 4.68. The van der Waals surface area contributed by atoms with Gasteiger partial charge in [-0.15, -0.1) is 0 Å². The monoisotopic (exact) mass is 269 g/mol. The number of aromatic nitrogens is 4. The summed E-state index contributed by atoms with van der Waals surface area (Å²) < 4.78 is 0. The summed E-state index contributed by atoms with van der Waals surface area (Å²) in [4.78, 5) is 8.71. The molecule has 3 N–H and O–H groups in total. The van der Waals surface area contributed by atoms with Crippen LogP contribution in [0.4, 0.5) is 11.6 Å². The molecule has 0 amide bonds. The van der Waals surface area contributed by atoms with Gasteiger partial charge in [0.2, 0.25) is 0 Å². The molecule has 20 heavy (non-hydrogen) atoms. The van der Waals surface area contributed by atoms with Gasteiger partial charge in [-0.05, 0) is 25.5 Å². The van der Waals surface area contributed by atoms with E-state index in [0.717, 1.165) is 22.2 Å². The number of benzene rings is 1. The summed E-state index contributed by atoms with van der Waals surface area (Å²) in [6.07, 6.45) is 0. The van der Waals surface area contributed by atoms with Gasteiger partial charge in [0.25, 0.3) is 0 Å². The van der Waals surface area contributed by atoms with Crippen molar-refractivity contribution in [1.82, 2.24) is 20.2 Å². The van der Waals surface area contributed by atoms with E-state index in [1.165, 1.54) is 0 Å². The minimum Gasteiger partial charge on any atom is -0.388 e. The summed E-state index contributed by atoms with van der Waals surface area (Å²) in [5.41, 5.74) is 2.84. The van der Waals surface area contributed by atoms with Crippen LogP contribution in [0.25, 0.3) is 10.9 Å². The van der Waals surface area contributed by atoms with Crippen molar-refractivity contribution in [1.29, 1.82) is 0 Å². The van der Waals surface area contributed by atoms with E-state index in [1.54, 1.807) is 0 Å². The maximum Gasteiger partial charge on any atom is 0.156 e. The lowest BCUT2D eigenvalue weighted by Gasteiger charge is -2.09. The minimum atomic E-state index is -0.196. The Balaban J connectivity index is 2.15. The Kier molecular flexibility index (Phi) is 3.08. The zero-order valence-corrected chi connectivity index (χ0v) is 11.3. The molecule has 0 unspecified atom stereocenters. The molecular weight excluding hydrogens is 254 g/mol. The van der Waals surface area contributed by atoms with Crippen LogP contribution in [0, 0.1) is 13.8 Å². The maximum absolute atomic E-state index is 9.31. The van der Waals surface area contributed by atoms with Crippen LogP contribution in [0.3, 0.4) is 0 Å². The van der Waals surface area contributed by atoms with E-state index in [-0.39, 0.29) is 6.61 Å². The molecule has 0 aliphatic rings. The highest BCUT2D eigenvalue weighted by atomic mass is 16.3. The largest absolute Gasteiger partial charge is 0.388 e. The van der Waals surface area contributed by atoms with Crippen molar-refractivity contribution in [3.63, 3.8) is 0 Å². The number of aliphatic hydroxyl groups is 1. The normalized spacial score (nSPS) is 10.9. The summed E-state index contributed by atoms with van der Waals surface area (Å²) in [5.74, 6) is 1.73. The molecule has 1 aromatic carbocycles. The standard InChI is InChI=1S/C14H15N5O/c1-8-4-3-5-10-13(8)15-12(7-20)17-14(10)16-11-6-9(2)18-19-11/h3-6,20H,7H2,1-2H3,(H2,15,16,17,18,19). The average molecular weight is 269 g/mol. The highest BCUT2D eigenvalue weighted by Gasteiger charge is 2.10. The summed E-state index contributed by atoms with van der Waals surface area (Å²) >= 11 is 0. The van der Waals surface area contributed by atoms with Crippen molar-refractivity contribution in [2.45, 2.75) is 20.5 Å². The molecule has 6 heteroatoms. The number of nitrogens with one attached hydrogen (secondary N) is 2. The second kappa shape index (κ2) is 4.90. The van der Waals surface area contributed by atoms with Gasteiger partial charge in [0, 0.05) is 17.1 Å². The number of nitrogens with zero attached hydrogens (tertiary/aromatic N) is 3. The molecule has 2 heterocycles. The zero-order valence-electron chi connectivity index (χ0n) is 11.3. The minimum absolute atomic E-state index is 0.196. The van der Waals surface area contributed by atoms with Crippen LogP contribution in [-0.2, 0) is 6.61 Å². The van der Waals surface area contributed by atoms with Crippen LogP contribution in [0.5, 0.6) is 0 Å². The number of fused-ring (bicyclic) bond motifs is 1. The zero-order chi connectivity index (χ0) is 14.1. The predicted molar refractivity (Wildman–Crippen MR) is 76.8 cm³/mol. The van der Waals surface area contributed by atoms with Gasteiger partial charge in [-0.1, -0.05) is 12.1 Å². The maximum atomic E-state index is 9.31. The van der Waals surface area contributed by atoms with E-state index in [4.69, 9.17) is 0 Å². The SMILES string of the molecule is Cc1cc(Nc2nc(CO)nc3c(C)cccc23)n[nH]1. The van der Waals surface area contributed by atoms with Crippen molar-refractivity contribution in [3.8, 4) is 0 Å². The molecule has 0 bridgehead atoms. The first-order chi connectivity index (χ1) is 9.67. The first-order valence-corrected chi connectivity index (χ1v) is 6.33. The van der Waals surface area contributed by atoms with Crippen LogP contribution in [0.15, 0.2) is 24.3 Å². The van der Waals surface area contributed by atoms with E-state index >= 15 is 0 Å². The Labute approximate surface area is 115 Å². The first kappa shape index (κ1) is 12.6. The summed E-state index contributed by atoms with van der Waals surface area (Å²) in [6.45, 7) is 3.72. The topological polar surface area (TPSA) is 86.7 Å². The van der Waals surface area contributed by atoms with Gasteiger partial charge in [-0.2, -0.15) is 5.10 Å². The molecule has 3 aromatic rings. The first-order valence-electron chi connectivity index (χ1n) is 6.33. The molecule has 0 aliphatic carbocycles. The average Bonchev–Trinajstić information content (AvgIpc) is 2.85. The molecule has 0 spiro atoms. The molecule has 0 saturated heterocycles. The lowest BCUT2D eigenvalue weighted by atomic mass is 10.1. The molecule has 0 radical (unpaired) electrons. The van der Waals surface area contributed by atoms with E-state index in [1.807, 2.05) is 38.1 Å². The van der Waals surface area contributed by atoms with E-state index in [2.05, 4.69) is 25.5 Å². The highest BCUT2D eigenvalue weighted by molar-refractivity contribution is 5.92. The van der Waals surface area contributed by atoms with E-state index in [9.17, 15) is 5.11 Å². The van der Waals surface area contributed by atoms with Crippen molar-refractivity contribution in [2.24, 2.45) is 0 Å². The van der Waals surface area contributed by atoms with Gasteiger partial charge < -0.3 is 10.4 Å². The fraction of sp³-hybridized carbons (Fsp3) is 0.214. The third kappa shape index (κ3) is 2.21. The molecule has 0 saturated carbocycles. The van der Waals surface area contributed by atoms with Crippen molar-refractivity contribution < 1.29 is 5.11 Å². The van der Waals surface area contributed by atoms with Gasteiger partial charge in [0.15, 0.2) is 11.6 Å². The molecule has 0 atom stereocenters. The van der Waals surface area contributed by atoms with E-state index < -0.39 is 0 Å². The Morgan fingerprint density at radius 1 is 1.25 bits per heavy atom. The Morgan fingerprint density at radius 3 is 2.80 bits per heavy atom. The number of hydrogen-bond acceptors (Lipinski definition) is 5. The van der Waals surface area contributed by atoms with Crippen LogP contribution in [-0.4, -0.2) is 25.3 Å². The van der Waals surface area contributed by atoms with Crippen molar-refractivity contribution >= 4 is 22.5 Å². The number of aliphatic hydroxyl groups excluding tert-OH is 1. The highest BCUT2D eigenvalue weighted by Crippen LogP contribution is 2.25. The molecular formula is C14H15N5O.